The molecule has 0 N–H and O–H groups in total. The molecule has 1 aliphatic heterocycles. The fourth-order valence-corrected chi connectivity index (χ4v) is 3.79. The van der Waals surface area contributed by atoms with Gasteiger partial charge in [-0.15, -0.1) is 0 Å². The molecule has 4 heteroatoms. The van der Waals surface area contributed by atoms with Gasteiger partial charge in [0.1, 0.15) is 17.3 Å². The molecule has 1 heterocycles. The molecule has 0 spiro atoms. The number of thiocarbonyl (C=S) groups is 1. The van der Waals surface area contributed by atoms with Gasteiger partial charge in [-0.25, -0.2) is 0 Å². The molecule has 0 saturated carbocycles. The summed E-state index contributed by atoms with van der Waals surface area (Å²) in [6.45, 7) is 7.09. The number of hydrogen-bond donors (Lipinski definition) is 0. The van der Waals surface area contributed by atoms with Gasteiger partial charge < -0.3 is 9.64 Å². The Bertz CT molecular complexity index is 736. The zero-order valence-electron chi connectivity index (χ0n) is 14.8. The van der Waals surface area contributed by atoms with Crippen molar-refractivity contribution in [2.24, 2.45) is 5.92 Å². The summed E-state index contributed by atoms with van der Waals surface area (Å²) in [5.74, 6) is 1.66. The summed E-state index contributed by atoms with van der Waals surface area (Å²) in [6.07, 6.45) is 2.44. The normalized spacial score (nSPS) is 15.2. The first-order valence-corrected chi connectivity index (χ1v) is 10.0. The minimum absolute atomic E-state index is 0.562. The number of nitrogens with zero attached hydrogens (tertiary/aromatic N) is 1. The van der Waals surface area contributed by atoms with Crippen LogP contribution in [-0.4, -0.2) is 23.0 Å². The van der Waals surface area contributed by atoms with Crippen molar-refractivity contribution < 1.29 is 4.74 Å². The molecular weight excluding hydrogens is 394 g/mol. The average Bonchev–Trinajstić information content (AvgIpc) is 2.62. The molecule has 2 aromatic rings. The number of hydrogen-bond acceptors (Lipinski definition) is 2. The first kappa shape index (κ1) is 18.4. The van der Waals surface area contributed by atoms with E-state index in [9.17, 15) is 0 Å². The molecule has 1 fully saturated rings. The van der Waals surface area contributed by atoms with Crippen molar-refractivity contribution >= 4 is 33.1 Å². The molecule has 0 unspecified atom stereocenters. The molecule has 0 aliphatic carbocycles. The minimum atomic E-state index is 0.562. The van der Waals surface area contributed by atoms with Crippen LogP contribution in [0.2, 0.25) is 0 Å². The maximum atomic E-state index is 5.95. The Morgan fingerprint density at radius 3 is 2.48 bits per heavy atom. The summed E-state index contributed by atoms with van der Waals surface area (Å²) >= 11 is 9.33. The predicted octanol–water partition coefficient (Wildman–Crippen LogP) is 5.74. The van der Waals surface area contributed by atoms with E-state index in [2.05, 4.69) is 71.1 Å². The van der Waals surface area contributed by atoms with Gasteiger partial charge in [-0.3, -0.25) is 0 Å². The van der Waals surface area contributed by atoms with E-state index in [4.69, 9.17) is 17.0 Å². The molecule has 0 atom stereocenters. The Kier molecular flexibility index (Phi) is 6.13. The van der Waals surface area contributed by atoms with Gasteiger partial charge in [0.2, 0.25) is 0 Å². The van der Waals surface area contributed by atoms with Gasteiger partial charge in [-0.05, 0) is 65.4 Å². The van der Waals surface area contributed by atoms with Crippen LogP contribution in [0.1, 0.15) is 36.5 Å². The van der Waals surface area contributed by atoms with Gasteiger partial charge in [0.15, 0.2) is 0 Å². The average molecular weight is 418 g/mol. The summed E-state index contributed by atoms with van der Waals surface area (Å²) in [5, 5.41) is 0. The SMILES string of the molecule is Cc1ccc(COc2ccc(C(=S)N3CCC(C)CC3)cc2Br)cc1. The van der Waals surface area contributed by atoms with Crippen molar-refractivity contribution in [3.05, 3.63) is 63.6 Å². The lowest BCUT2D eigenvalue weighted by molar-refractivity contribution is 0.284. The van der Waals surface area contributed by atoms with Crippen LogP contribution < -0.4 is 4.74 Å². The summed E-state index contributed by atoms with van der Waals surface area (Å²) in [5.41, 5.74) is 3.51. The van der Waals surface area contributed by atoms with Crippen LogP contribution in [0.25, 0.3) is 0 Å². The third-order valence-corrected chi connectivity index (χ3v) is 5.88. The Morgan fingerprint density at radius 2 is 1.84 bits per heavy atom. The van der Waals surface area contributed by atoms with Crippen LogP contribution in [0.5, 0.6) is 5.75 Å². The Hall–Kier alpha value is -1.39. The number of rotatable bonds is 4. The number of ether oxygens (including phenoxy) is 1. The Morgan fingerprint density at radius 1 is 1.16 bits per heavy atom. The number of likely N-dealkylation sites (tertiary alicyclic amines) is 1. The van der Waals surface area contributed by atoms with Gasteiger partial charge >= 0.3 is 0 Å². The predicted molar refractivity (Wildman–Crippen MR) is 111 cm³/mol. The maximum absolute atomic E-state index is 5.95. The smallest absolute Gasteiger partial charge is 0.134 e. The van der Waals surface area contributed by atoms with E-state index in [1.165, 1.54) is 24.0 Å². The van der Waals surface area contributed by atoms with E-state index in [0.29, 0.717) is 6.61 Å². The number of piperidine rings is 1. The van der Waals surface area contributed by atoms with E-state index < -0.39 is 0 Å². The lowest BCUT2D eigenvalue weighted by atomic mass is 9.99. The molecule has 25 heavy (non-hydrogen) atoms. The first-order valence-electron chi connectivity index (χ1n) is 8.80. The molecule has 0 aromatic heterocycles. The van der Waals surface area contributed by atoms with Crippen molar-refractivity contribution in [1.29, 1.82) is 0 Å². The first-order chi connectivity index (χ1) is 12.0. The van der Waals surface area contributed by atoms with Crippen molar-refractivity contribution in [3.63, 3.8) is 0 Å². The topological polar surface area (TPSA) is 12.5 Å². The van der Waals surface area contributed by atoms with Gasteiger partial charge in [-0.2, -0.15) is 0 Å². The molecule has 0 radical (unpaired) electrons. The molecule has 132 valence electrons. The second-order valence-electron chi connectivity index (χ2n) is 6.89. The molecule has 2 aromatic carbocycles. The maximum Gasteiger partial charge on any atom is 0.134 e. The monoisotopic (exact) mass is 417 g/mol. The third kappa shape index (κ3) is 4.83. The lowest BCUT2D eigenvalue weighted by Gasteiger charge is -2.32. The second kappa shape index (κ2) is 8.33. The summed E-state index contributed by atoms with van der Waals surface area (Å²) in [6, 6.07) is 14.6. The molecule has 3 rings (SSSR count). The van der Waals surface area contributed by atoms with Crippen LogP contribution in [0.15, 0.2) is 46.9 Å². The number of halogens is 1. The standard InChI is InChI=1S/C21H24BrNOS/c1-15-3-5-17(6-4-15)14-24-20-8-7-18(13-19(20)22)21(25)23-11-9-16(2)10-12-23/h3-8,13,16H,9-12,14H2,1-2H3. The van der Waals surface area contributed by atoms with Crippen LogP contribution in [0.3, 0.4) is 0 Å². The van der Waals surface area contributed by atoms with E-state index in [1.807, 2.05) is 6.07 Å². The highest BCUT2D eigenvalue weighted by molar-refractivity contribution is 9.10. The summed E-state index contributed by atoms with van der Waals surface area (Å²) in [4.78, 5) is 3.27. The van der Waals surface area contributed by atoms with Crippen molar-refractivity contribution in [2.45, 2.75) is 33.3 Å². The third-order valence-electron chi connectivity index (χ3n) is 4.76. The zero-order valence-corrected chi connectivity index (χ0v) is 17.2. The molecule has 0 bridgehead atoms. The van der Waals surface area contributed by atoms with E-state index in [0.717, 1.165) is 39.8 Å². The number of benzene rings is 2. The van der Waals surface area contributed by atoms with Crippen molar-refractivity contribution in [2.75, 3.05) is 13.1 Å². The van der Waals surface area contributed by atoms with Crippen LogP contribution in [0, 0.1) is 12.8 Å². The molecular formula is C21H24BrNOS. The Balaban J connectivity index is 1.64. The van der Waals surface area contributed by atoms with Crippen molar-refractivity contribution in [1.82, 2.24) is 4.90 Å². The zero-order chi connectivity index (χ0) is 17.8. The van der Waals surface area contributed by atoms with Crippen LogP contribution in [-0.2, 0) is 6.61 Å². The van der Waals surface area contributed by atoms with Crippen molar-refractivity contribution in [3.8, 4) is 5.75 Å². The second-order valence-corrected chi connectivity index (χ2v) is 8.14. The van der Waals surface area contributed by atoms with Gasteiger partial charge in [0.25, 0.3) is 0 Å². The highest BCUT2D eigenvalue weighted by atomic mass is 79.9. The lowest BCUT2D eigenvalue weighted by Crippen LogP contribution is -2.37. The van der Waals surface area contributed by atoms with Crippen LogP contribution >= 0.6 is 28.1 Å². The minimum Gasteiger partial charge on any atom is -0.488 e. The number of aryl methyl sites for hydroxylation is 1. The molecule has 2 nitrogen and oxygen atoms in total. The van der Waals surface area contributed by atoms with E-state index >= 15 is 0 Å². The molecule has 1 saturated heterocycles. The fourth-order valence-electron chi connectivity index (χ4n) is 2.99. The molecule has 0 amide bonds. The summed E-state index contributed by atoms with van der Waals surface area (Å²) in [7, 11) is 0. The van der Waals surface area contributed by atoms with E-state index in [1.54, 1.807) is 0 Å². The van der Waals surface area contributed by atoms with Crippen LogP contribution in [0.4, 0.5) is 0 Å². The quantitative estimate of drug-likeness (QED) is 0.588. The van der Waals surface area contributed by atoms with E-state index in [-0.39, 0.29) is 0 Å². The fraction of sp³-hybridized carbons (Fsp3) is 0.381. The summed E-state index contributed by atoms with van der Waals surface area (Å²) < 4.78 is 6.90. The largest absolute Gasteiger partial charge is 0.488 e. The highest BCUT2D eigenvalue weighted by Gasteiger charge is 2.19. The van der Waals surface area contributed by atoms with Gasteiger partial charge in [0.05, 0.1) is 4.47 Å². The Labute approximate surface area is 164 Å². The van der Waals surface area contributed by atoms with Gasteiger partial charge in [0, 0.05) is 18.7 Å². The van der Waals surface area contributed by atoms with Gasteiger partial charge in [-0.1, -0.05) is 49.0 Å². The highest BCUT2D eigenvalue weighted by Crippen LogP contribution is 2.28. The molecule has 1 aliphatic rings.